The van der Waals surface area contributed by atoms with Crippen molar-refractivity contribution in [1.82, 2.24) is 10.3 Å². The van der Waals surface area contributed by atoms with E-state index in [4.69, 9.17) is 9.47 Å². The highest BCUT2D eigenvalue weighted by Gasteiger charge is 2.21. The second-order valence-corrected chi connectivity index (χ2v) is 7.46. The van der Waals surface area contributed by atoms with Gasteiger partial charge in [0.1, 0.15) is 11.5 Å². The molecule has 4 rings (SSSR count). The average molecular weight is 392 g/mol. The number of thioether (sulfide) groups is 1. The van der Waals surface area contributed by atoms with Crippen LogP contribution < -0.4 is 14.8 Å². The Balaban J connectivity index is 1.29. The molecular weight excluding hydrogens is 372 g/mol. The summed E-state index contributed by atoms with van der Waals surface area (Å²) in [6.45, 7) is -0.0216. The average Bonchev–Trinajstić information content (AvgIpc) is 2.74. The Kier molecular flexibility index (Phi) is 5.77. The molecule has 0 unspecified atom stereocenters. The van der Waals surface area contributed by atoms with E-state index in [9.17, 15) is 4.79 Å². The molecule has 1 aliphatic rings. The number of fused-ring (bicyclic) bond motifs is 1. The fourth-order valence-corrected chi connectivity index (χ4v) is 4.13. The molecule has 0 saturated heterocycles. The maximum Gasteiger partial charge on any atom is 0.258 e. The van der Waals surface area contributed by atoms with Crippen LogP contribution in [0.15, 0.2) is 77.8 Å². The molecule has 6 heteroatoms. The lowest BCUT2D eigenvalue weighted by Crippen LogP contribution is -2.34. The van der Waals surface area contributed by atoms with Crippen LogP contribution in [0.5, 0.6) is 17.4 Å². The number of carbonyl (C=O) groups excluding carboxylic acids is 1. The summed E-state index contributed by atoms with van der Waals surface area (Å²) in [7, 11) is 0. The Morgan fingerprint density at radius 2 is 1.82 bits per heavy atom. The van der Waals surface area contributed by atoms with Gasteiger partial charge >= 0.3 is 0 Å². The summed E-state index contributed by atoms with van der Waals surface area (Å²) in [5.41, 5.74) is 1.18. The first kappa shape index (κ1) is 18.4. The van der Waals surface area contributed by atoms with Crippen molar-refractivity contribution in [3.8, 4) is 17.4 Å². The summed E-state index contributed by atoms with van der Waals surface area (Å²) in [6.07, 6.45) is 2.60. The van der Waals surface area contributed by atoms with Crippen molar-refractivity contribution < 1.29 is 14.3 Å². The SMILES string of the molecule is O=C(COc1ccc(Oc2ccccn2)cc1)N[C@@H]1CCSc2ccccc21. The molecule has 5 nitrogen and oxygen atoms in total. The van der Waals surface area contributed by atoms with Crippen LogP contribution in [-0.2, 0) is 4.79 Å². The van der Waals surface area contributed by atoms with E-state index < -0.39 is 0 Å². The number of benzene rings is 2. The molecule has 0 radical (unpaired) electrons. The van der Waals surface area contributed by atoms with Gasteiger partial charge in [-0.3, -0.25) is 4.79 Å². The smallest absolute Gasteiger partial charge is 0.258 e. The number of hydrogen-bond acceptors (Lipinski definition) is 5. The van der Waals surface area contributed by atoms with E-state index >= 15 is 0 Å². The largest absolute Gasteiger partial charge is 0.484 e. The van der Waals surface area contributed by atoms with Crippen molar-refractivity contribution in [2.75, 3.05) is 12.4 Å². The Labute approximate surface area is 168 Å². The lowest BCUT2D eigenvalue weighted by atomic mass is 10.0. The maximum absolute atomic E-state index is 12.3. The highest BCUT2D eigenvalue weighted by Crippen LogP contribution is 2.35. The Bertz CT molecular complexity index is 932. The standard InChI is InChI=1S/C22H20N2O3S/c25-21(24-19-12-14-28-20-6-2-1-5-18(19)20)15-26-16-8-10-17(11-9-16)27-22-7-3-4-13-23-22/h1-11,13,19H,12,14-15H2,(H,24,25)/t19-/m1/s1. The first-order valence-corrected chi connectivity index (χ1v) is 10.1. The number of pyridine rings is 1. The van der Waals surface area contributed by atoms with E-state index in [1.165, 1.54) is 10.5 Å². The van der Waals surface area contributed by atoms with Crippen molar-refractivity contribution in [2.45, 2.75) is 17.4 Å². The van der Waals surface area contributed by atoms with Gasteiger partial charge in [-0.1, -0.05) is 24.3 Å². The van der Waals surface area contributed by atoms with Crippen molar-refractivity contribution in [2.24, 2.45) is 0 Å². The van der Waals surface area contributed by atoms with E-state index in [1.807, 2.05) is 36.0 Å². The molecule has 2 heterocycles. The second-order valence-electron chi connectivity index (χ2n) is 6.33. The topological polar surface area (TPSA) is 60.5 Å². The first-order valence-electron chi connectivity index (χ1n) is 9.11. The molecule has 3 aromatic rings. The van der Waals surface area contributed by atoms with Crippen LogP contribution in [0.3, 0.4) is 0 Å². The molecule has 28 heavy (non-hydrogen) atoms. The molecule has 1 N–H and O–H groups in total. The van der Waals surface area contributed by atoms with Gasteiger partial charge in [0.25, 0.3) is 5.91 Å². The number of nitrogens with zero attached hydrogens (tertiary/aromatic N) is 1. The lowest BCUT2D eigenvalue weighted by molar-refractivity contribution is -0.123. The van der Waals surface area contributed by atoms with Crippen LogP contribution in [0, 0.1) is 0 Å². The second kappa shape index (κ2) is 8.80. The third kappa shape index (κ3) is 4.64. The number of amides is 1. The molecule has 1 aliphatic heterocycles. The molecule has 0 fully saturated rings. The van der Waals surface area contributed by atoms with E-state index in [1.54, 1.807) is 36.5 Å². The Morgan fingerprint density at radius 3 is 2.64 bits per heavy atom. The van der Waals surface area contributed by atoms with Gasteiger partial charge in [0, 0.05) is 22.9 Å². The number of rotatable bonds is 6. The zero-order valence-corrected chi connectivity index (χ0v) is 16.0. The number of ether oxygens (including phenoxy) is 2. The quantitative estimate of drug-likeness (QED) is 0.664. The summed E-state index contributed by atoms with van der Waals surface area (Å²) in [5, 5.41) is 3.08. The lowest BCUT2D eigenvalue weighted by Gasteiger charge is -2.25. The molecule has 1 aromatic heterocycles. The van der Waals surface area contributed by atoms with Gasteiger partial charge in [0.05, 0.1) is 6.04 Å². The minimum absolute atomic E-state index is 0.0216. The van der Waals surface area contributed by atoms with Gasteiger partial charge in [-0.25, -0.2) is 4.98 Å². The molecule has 0 aliphatic carbocycles. The van der Waals surface area contributed by atoms with Crippen molar-refractivity contribution in [3.63, 3.8) is 0 Å². The van der Waals surface area contributed by atoms with E-state index in [0.29, 0.717) is 17.4 Å². The third-order valence-electron chi connectivity index (χ3n) is 4.35. The van der Waals surface area contributed by atoms with Crippen LogP contribution in [0.25, 0.3) is 0 Å². The minimum Gasteiger partial charge on any atom is -0.484 e. The molecule has 1 amide bonds. The number of hydrogen-bond donors (Lipinski definition) is 1. The summed E-state index contributed by atoms with van der Waals surface area (Å²) >= 11 is 1.83. The predicted molar refractivity (Wildman–Crippen MR) is 109 cm³/mol. The summed E-state index contributed by atoms with van der Waals surface area (Å²) in [6, 6.07) is 20.9. The third-order valence-corrected chi connectivity index (χ3v) is 5.47. The molecule has 0 spiro atoms. The normalized spacial score (nSPS) is 15.4. The molecule has 0 bridgehead atoms. The zero-order valence-electron chi connectivity index (χ0n) is 15.2. The van der Waals surface area contributed by atoms with Gasteiger partial charge in [-0.15, -0.1) is 11.8 Å². The Morgan fingerprint density at radius 1 is 1.04 bits per heavy atom. The molecule has 2 aromatic carbocycles. The predicted octanol–water partition coefficient (Wildman–Crippen LogP) is 4.61. The van der Waals surface area contributed by atoms with E-state index in [-0.39, 0.29) is 18.6 Å². The zero-order chi connectivity index (χ0) is 19.2. The van der Waals surface area contributed by atoms with E-state index in [2.05, 4.69) is 22.4 Å². The van der Waals surface area contributed by atoms with Gasteiger partial charge < -0.3 is 14.8 Å². The fourth-order valence-electron chi connectivity index (χ4n) is 3.01. The summed E-state index contributed by atoms with van der Waals surface area (Å²) in [5.74, 6) is 2.68. The first-order chi connectivity index (χ1) is 13.8. The van der Waals surface area contributed by atoms with Crippen molar-refractivity contribution >= 4 is 17.7 Å². The highest BCUT2D eigenvalue weighted by molar-refractivity contribution is 7.99. The maximum atomic E-state index is 12.3. The number of nitrogens with one attached hydrogen (secondary N) is 1. The summed E-state index contributed by atoms with van der Waals surface area (Å²) in [4.78, 5) is 17.7. The fraction of sp³-hybridized carbons (Fsp3) is 0.182. The highest BCUT2D eigenvalue weighted by atomic mass is 32.2. The van der Waals surface area contributed by atoms with Gasteiger partial charge in [0.2, 0.25) is 5.88 Å². The molecule has 142 valence electrons. The van der Waals surface area contributed by atoms with Crippen molar-refractivity contribution in [1.29, 1.82) is 0 Å². The van der Waals surface area contributed by atoms with Crippen LogP contribution in [0.4, 0.5) is 0 Å². The monoisotopic (exact) mass is 392 g/mol. The Hall–Kier alpha value is -2.99. The number of carbonyl (C=O) groups is 1. The van der Waals surface area contributed by atoms with Gasteiger partial charge in [0.15, 0.2) is 6.61 Å². The van der Waals surface area contributed by atoms with Crippen molar-refractivity contribution in [3.05, 3.63) is 78.5 Å². The summed E-state index contributed by atoms with van der Waals surface area (Å²) < 4.78 is 11.3. The van der Waals surface area contributed by atoms with Crippen LogP contribution >= 0.6 is 11.8 Å². The van der Waals surface area contributed by atoms with Crippen LogP contribution in [0.1, 0.15) is 18.0 Å². The van der Waals surface area contributed by atoms with Crippen LogP contribution in [-0.4, -0.2) is 23.3 Å². The van der Waals surface area contributed by atoms with Gasteiger partial charge in [-0.2, -0.15) is 0 Å². The molecule has 0 saturated carbocycles. The molecular formula is C22H20N2O3S. The van der Waals surface area contributed by atoms with Gasteiger partial charge in [-0.05, 0) is 48.4 Å². The molecule has 1 atom stereocenters. The van der Waals surface area contributed by atoms with Crippen LogP contribution in [0.2, 0.25) is 0 Å². The van der Waals surface area contributed by atoms with E-state index in [0.717, 1.165) is 12.2 Å². The minimum atomic E-state index is -0.125. The number of aromatic nitrogens is 1.